The van der Waals surface area contributed by atoms with E-state index in [1.54, 1.807) is 79.9 Å². The molecule has 3 aliphatic rings. The van der Waals surface area contributed by atoms with Crippen LogP contribution in [0.25, 0.3) is 0 Å². The monoisotopic (exact) mass is 545 g/mol. The average molecular weight is 546 g/mol. The van der Waals surface area contributed by atoms with Gasteiger partial charge in [-0.1, -0.05) is 64.5 Å². The van der Waals surface area contributed by atoms with Gasteiger partial charge in [-0.15, -0.1) is 0 Å². The molecule has 0 unspecified atom stereocenters. The molecular formula is C28H20BrNO6. The number of hydrogen-bond acceptors (Lipinski definition) is 6. The Morgan fingerprint density at radius 1 is 0.861 bits per heavy atom. The van der Waals surface area contributed by atoms with Gasteiger partial charge in [-0.05, 0) is 35.4 Å². The van der Waals surface area contributed by atoms with Gasteiger partial charge in [0, 0.05) is 15.6 Å². The van der Waals surface area contributed by atoms with Crippen LogP contribution in [0.4, 0.5) is 0 Å². The first kappa shape index (κ1) is 22.8. The Balaban J connectivity index is 1.45. The molecule has 1 spiro atoms. The van der Waals surface area contributed by atoms with E-state index in [1.807, 2.05) is 0 Å². The first-order chi connectivity index (χ1) is 17.4. The number of ketones is 2. The lowest BCUT2D eigenvalue weighted by atomic mass is 9.77. The van der Waals surface area contributed by atoms with Crippen molar-refractivity contribution in [2.75, 3.05) is 7.11 Å². The van der Waals surface area contributed by atoms with Crippen LogP contribution in [0.2, 0.25) is 0 Å². The van der Waals surface area contributed by atoms with E-state index < -0.39 is 46.9 Å². The van der Waals surface area contributed by atoms with Crippen molar-refractivity contribution in [2.45, 2.75) is 18.2 Å². The summed E-state index contributed by atoms with van der Waals surface area (Å²) in [6, 6.07) is 20.6. The molecule has 0 aromatic heterocycles. The van der Waals surface area contributed by atoms with Crippen LogP contribution in [-0.2, 0) is 20.9 Å². The molecule has 2 heterocycles. The molecule has 0 radical (unpaired) electrons. The largest absolute Gasteiger partial charge is 0.497 e. The fourth-order valence-corrected chi connectivity index (χ4v) is 5.86. The molecule has 7 nitrogen and oxygen atoms in total. The topological polar surface area (TPSA) is 90.0 Å². The zero-order valence-electron chi connectivity index (χ0n) is 19.1. The van der Waals surface area contributed by atoms with E-state index in [2.05, 4.69) is 15.9 Å². The molecule has 1 aliphatic carbocycles. The minimum Gasteiger partial charge on any atom is -0.497 e. The summed E-state index contributed by atoms with van der Waals surface area (Å²) in [5, 5.41) is 0. The van der Waals surface area contributed by atoms with Crippen LogP contribution in [0.5, 0.6) is 5.75 Å². The lowest BCUT2D eigenvalue weighted by molar-refractivity contribution is -0.145. The molecule has 3 aromatic carbocycles. The number of nitrogens with zero attached hydrogens (tertiary/aromatic N) is 1. The number of carbonyl (C=O) groups is 4. The number of fused-ring (bicyclic) bond motifs is 3. The number of carbonyl (C=O) groups excluding carboxylic acids is 4. The molecular weight excluding hydrogens is 526 g/mol. The zero-order chi connectivity index (χ0) is 25.2. The highest BCUT2D eigenvalue weighted by molar-refractivity contribution is 9.10. The second-order valence-corrected chi connectivity index (χ2v) is 10.1. The van der Waals surface area contributed by atoms with E-state index in [1.165, 1.54) is 0 Å². The molecule has 180 valence electrons. The van der Waals surface area contributed by atoms with Gasteiger partial charge in [0.15, 0.2) is 0 Å². The van der Waals surface area contributed by atoms with E-state index >= 15 is 0 Å². The van der Waals surface area contributed by atoms with Crippen LogP contribution in [0.3, 0.4) is 0 Å². The third-order valence-electron chi connectivity index (χ3n) is 7.31. The van der Waals surface area contributed by atoms with Crippen molar-refractivity contribution in [3.05, 3.63) is 99.5 Å². The maximum Gasteiger partial charge on any atom is 0.237 e. The Hall–Kier alpha value is -3.62. The summed E-state index contributed by atoms with van der Waals surface area (Å²) in [5.74, 6) is -3.76. The third-order valence-corrected chi connectivity index (χ3v) is 7.84. The van der Waals surface area contributed by atoms with E-state index in [-0.39, 0.29) is 17.7 Å². The van der Waals surface area contributed by atoms with Crippen molar-refractivity contribution < 1.29 is 28.7 Å². The maximum atomic E-state index is 13.8. The second-order valence-electron chi connectivity index (χ2n) is 9.14. The molecule has 8 heteroatoms. The second kappa shape index (κ2) is 8.21. The number of rotatable bonds is 4. The van der Waals surface area contributed by atoms with Gasteiger partial charge in [-0.2, -0.15) is 0 Å². The number of methoxy groups -OCH3 is 1. The molecule has 3 aromatic rings. The number of imide groups is 1. The minimum atomic E-state index is -2.06. The lowest BCUT2D eigenvalue weighted by Gasteiger charge is -2.27. The fraction of sp³-hybridized carbons (Fsp3) is 0.214. The summed E-state index contributed by atoms with van der Waals surface area (Å²) in [6.45, 7) is 0.0210. The molecule has 36 heavy (non-hydrogen) atoms. The number of hydrogen-bond donors (Lipinski definition) is 0. The lowest BCUT2D eigenvalue weighted by Crippen LogP contribution is -2.50. The van der Waals surface area contributed by atoms with Crippen LogP contribution in [0.15, 0.2) is 77.3 Å². The van der Waals surface area contributed by atoms with E-state index in [0.717, 1.165) is 14.9 Å². The molecule has 6 rings (SSSR count). The molecule has 3 atom stereocenters. The molecule has 2 amide bonds. The summed E-state index contributed by atoms with van der Waals surface area (Å²) in [5.41, 5.74) is -0.291. The van der Waals surface area contributed by atoms with Gasteiger partial charge < -0.3 is 9.47 Å². The Labute approximate surface area is 215 Å². The third kappa shape index (κ3) is 3.07. The smallest absolute Gasteiger partial charge is 0.237 e. The first-order valence-electron chi connectivity index (χ1n) is 11.5. The normalized spacial score (nSPS) is 23.9. The highest BCUT2D eigenvalue weighted by Crippen LogP contribution is 2.57. The van der Waals surface area contributed by atoms with Crippen molar-refractivity contribution in [1.82, 2.24) is 4.90 Å². The van der Waals surface area contributed by atoms with Gasteiger partial charge in [0.25, 0.3) is 0 Å². The van der Waals surface area contributed by atoms with Gasteiger partial charge in [-0.3, -0.25) is 24.1 Å². The fourth-order valence-electron chi connectivity index (χ4n) is 5.60. The molecule has 0 N–H and O–H groups in total. The van der Waals surface area contributed by atoms with Crippen LogP contribution in [0.1, 0.15) is 37.9 Å². The van der Waals surface area contributed by atoms with Gasteiger partial charge in [0.2, 0.25) is 29.0 Å². The van der Waals surface area contributed by atoms with Crippen molar-refractivity contribution in [3.63, 3.8) is 0 Å². The van der Waals surface area contributed by atoms with Crippen LogP contribution >= 0.6 is 15.9 Å². The van der Waals surface area contributed by atoms with Gasteiger partial charge in [-0.25, -0.2) is 0 Å². The molecule has 0 bridgehead atoms. The molecule has 2 aliphatic heterocycles. The molecule has 2 fully saturated rings. The number of amides is 2. The predicted molar refractivity (Wildman–Crippen MR) is 131 cm³/mol. The summed E-state index contributed by atoms with van der Waals surface area (Å²) in [6.07, 6.45) is -0.928. The summed E-state index contributed by atoms with van der Waals surface area (Å²) in [4.78, 5) is 56.3. The number of likely N-dealkylation sites (tertiary alicyclic amines) is 1. The number of Topliss-reactive ketones (excluding diaryl/α,β-unsaturated/α-hetero) is 2. The summed E-state index contributed by atoms with van der Waals surface area (Å²) in [7, 11) is 1.55. The summed E-state index contributed by atoms with van der Waals surface area (Å²) >= 11 is 3.40. The SMILES string of the molecule is COc1ccc(CN2C(=O)[C@@H]3[C@@H](c4ccc(Br)cc4)OC4(C(=O)c5ccccc5C4=O)[C@H]3C2=O)cc1. The van der Waals surface area contributed by atoms with Gasteiger partial charge in [0.1, 0.15) is 5.75 Å². The zero-order valence-corrected chi connectivity index (χ0v) is 20.7. The Morgan fingerprint density at radius 2 is 1.47 bits per heavy atom. The van der Waals surface area contributed by atoms with E-state index in [9.17, 15) is 19.2 Å². The minimum absolute atomic E-state index is 0.0210. The quantitative estimate of drug-likeness (QED) is 0.361. The maximum absolute atomic E-state index is 13.8. The molecule has 0 saturated carbocycles. The average Bonchev–Trinajstić information content (AvgIpc) is 3.46. The van der Waals surface area contributed by atoms with E-state index in [0.29, 0.717) is 11.3 Å². The van der Waals surface area contributed by atoms with Crippen molar-refractivity contribution in [1.29, 1.82) is 0 Å². The van der Waals surface area contributed by atoms with Crippen LogP contribution < -0.4 is 4.74 Å². The summed E-state index contributed by atoms with van der Waals surface area (Å²) < 4.78 is 12.3. The van der Waals surface area contributed by atoms with E-state index in [4.69, 9.17) is 9.47 Å². The van der Waals surface area contributed by atoms with Crippen molar-refractivity contribution in [3.8, 4) is 5.75 Å². The van der Waals surface area contributed by atoms with Gasteiger partial charge in [0.05, 0.1) is 31.6 Å². The van der Waals surface area contributed by atoms with Crippen molar-refractivity contribution in [2.24, 2.45) is 11.8 Å². The highest BCUT2D eigenvalue weighted by Gasteiger charge is 2.74. The van der Waals surface area contributed by atoms with Crippen LogP contribution in [0, 0.1) is 11.8 Å². The molecule has 2 saturated heterocycles. The standard InChI is InChI=1S/C28H20BrNO6/c1-35-18-12-6-15(7-13-18)14-30-26(33)21-22(27(30)34)28(36-23(21)16-8-10-17(29)11-9-16)24(31)19-4-2-3-5-20(19)25(28)32/h2-13,21-23H,14H2,1H3/t21-,22+,23+/m0/s1. The van der Waals surface area contributed by atoms with Crippen LogP contribution in [-0.4, -0.2) is 41.0 Å². The predicted octanol–water partition coefficient (Wildman–Crippen LogP) is 4.15. The Morgan fingerprint density at radius 3 is 2.06 bits per heavy atom. The van der Waals surface area contributed by atoms with Gasteiger partial charge >= 0.3 is 0 Å². The number of ether oxygens (including phenoxy) is 2. The highest BCUT2D eigenvalue weighted by atomic mass is 79.9. The number of benzene rings is 3. The number of halogens is 1. The Bertz CT molecular complexity index is 1400. The Kier molecular flexibility index (Phi) is 5.21. The van der Waals surface area contributed by atoms with Crippen molar-refractivity contribution >= 4 is 39.3 Å². The first-order valence-corrected chi connectivity index (χ1v) is 12.3.